The van der Waals surface area contributed by atoms with E-state index in [9.17, 15) is 18.0 Å². The van der Waals surface area contributed by atoms with Gasteiger partial charge in [0.15, 0.2) is 0 Å². The lowest BCUT2D eigenvalue weighted by Crippen LogP contribution is -2.46. The Morgan fingerprint density at radius 2 is 1.90 bits per heavy atom. The molecule has 0 spiro atoms. The Kier molecular flexibility index (Phi) is 5.91. The lowest BCUT2D eigenvalue weighted by atomic mass is 10.3. The molecule has 0 aromatic carbocycles. The highest BCUT2D eigenvalue weighted by atomic mass is 79.9. The van der Waals surface area contributed by atoms with Gasteiger partial charge in [-0.05, 0) is 42.8 Å². The van der Waals surface area contributed by atoms with E-state index in [-0.39, 0.29) is 19.6 Å². The minimum atomic E-state index is -3.99. The molecule has 1 aromatic rings. The summed E-state index contributed by atoms with van der Waals surface area (Å²) in [4.78, 5) is 22.3. The molecule has 0 radical (unpaired) electrons. The second kappa shape index (κ2) is 6.86. The molecule has 1 heterocycles. The van der Waals surface area contributed by atoms with Gasteiger partial charge in [-0.2, -0.15) is 4.72 Å². The first-order chi connectivity index (χ1) is 9.54. The second-order valence-corrected chi connectivity index (χ2v) is 8.61. The van der Waals surface area contributed by atoms with Gasteiger partial charge in [-0.25, -0.2) is 13.2 Å². The maximum atomic E-state index is 12.2. The zero-order valence-electron chi connectivity index (χ0n) is 11.5. The molecule has 3 N–H and O–H groups in total. The minimum Gasteiger partial charge on any atom is -0.477 e. The van der Waals surface area contributed by atoms with E-state index in [4.69, 9.17) is 5.11 Å². The fourth-order valence-corrected chi connectivity index (χ4v) is 5.01. The molecule has 1 unspecified atom stereocenters. The van der Waals surface area contributed by atoms with Gasteiger partial charge in [0.25, 0.3) is 0 Å². The molecule has 1 rings (SSSR count). The lowest BCUT2D eigenvalue weighted by molar-refractivity contribution is -0.122. The number of carboxylic acid groups (broad SMARTS) is 1. The van der Waals surface area contributed by atoms with E-state index in [1.165, 1.54) is 6.92 Å². The Labute approximate surface area is 134 Å². The van der Waals surface area contributed by atoms with Crippen molar-refractivity contribution in [3.05, 3.63) is 14.7 Å². The van der Waals surface area contributed by atoms with Crippen LogP contribution >= 0.6 is 27.3 Å². The number of halogens is 1. The quantitative estimate of drug-likeness (QED) is 0.670. The van der Waals surface area contributed by atoms with Crippen LogP contribution in [0.4, 0.5) is 0 Å². The maximum Gasteiger partial charge on any atom is 0.345 e. The summed E-state index contributed by atoms with van der Waals surface area (Å²) in [6.45, 7) is 4.93. The highest BCUT2D eigenvalue weighted by Crippen LogP contribution is 2.31. The average molecular weight is 399 g/mol. The monoisotopic (exact) mass is 398 g/mol. The van der Waals surface area contributed by atoms with Crippen molar-refractivity contribution in [1.29, 1.82) is 0 Å². The molecule has 0 aliphatic carbocycles. The predicted octanol–water partition coefficient (Wildman–Crippen LogP) is 1.40. The molecule has 0 saturated carbocycles. The van der Waals surface area contributed by atoms with Gasteiger partial charge < -0.3 is 10.4 Å². The van der Waals surface area contributed by atoms with Crippen LogP contribution in [0.1, 0.15) is 30.4 Å². The Morgan fingerprint density at radius 3 is 2.33 bits per heavy atom. The van der Waals surface area contributed by atoms with Crippen molar-refractivity contribution in [2.24, 2.45) is 0 Å². The summed E-state index contributed by atoms with van der Waals surface area (Å²) in [6, 6.07) is -0.0413. The van der Waals surface area contributed by atoms with Crippen molar-refractivity contribution < 1.29 is 23.1 Å². The predicted molar refractivity (Wildman–Crippen MR) is 82.0 cm³/mol. The zero-order valence-corrected chi connectivity index (χ0v) is 14.7. The summed E-state index contributed by atoms with van der Waals surface area (Å²) in [7, 11) is -3.99. The number of carboxylic acids is 1. The molecular weight excluding hydrogens is 384 g/mol. The summed E-state index contributed by atoms with van der Waals surface area (Å²) in [5, 5.41) is 11.5. The largest absolute Gasteiger partial charge is 0.477 e. The number of hydrogen-bond acceptors (Lipinski definition) is 5. The smallest absolute Gasteiger partial charge is 0.345 e. The first-order valence-electron chi connectivity index (χ1n) is 5.90. The number of hydrogen-bond donors (Lipinski definition) is 3. The average Bonchev–Trinajstić information content (AvgIpc) is 2.70. The molecule has 0 saturated heterocycles. The van der Waals surface area contributed by atoms with Gasteiger partial charge in [0.2, 0.25) is 15.9 Å². The van der Waals surface area contributed by atoms with Crippen LogP contribution in [-0.4, -0.2) is 37.5 Å². The summed E-state index contributed by atoms with van der Waals surface area (Å²) < 4.78 is 26.7. The molecular formula is C11H15BrN2O5S2. The van der Waals surface area contributed by atoms with Crippen molar-refractivity contribution in [2.75, 3.05) is 0 Å². The molecule has 0 fully saturated rings. The van der Waals surface area contributed by atoms with E-state index in [1.807, 2.05) is 0 Å². The number of rotatable bonds is 6. The van der Waals surface area contributed by atoms with Gasteiger partial charge in [0.05, 0.1) is 9.83 Å². The third-order valence-corrected chi connectivity index (χ3v) is 6.09. The van der Waals surface area contributed by atoms with Crippen molar-refractivity contribution in [3.8, 4) is 0 Å². The Bertz CT molecular complexity index is 654. The molecule has 1 aromatic heterocycles. The van der Waals surface area contributed by atoms with Gasteiger partial charge in [-0.1, -0.05) is 0 Å². The van der Waals surface area contributed by atoms with Gasteiger partial charge in [-0.15, -0.1) is 11.3 Å². The summed E-state index contributed by atoms with van der Waals surface area (Å²) in [5.41, 5.74) is 0. The first-order valence-corrected chi connectivity index (χ1v) is 8.99. The van der Waals surface area contributed by atoms with E-state index in [0.717, 1.165) is 17.4 Å². The van der Waals surface area contributed by atoms with Crippen molar-refractivity contribution >= 4 is 49.2 Å². The van der Waals surface area contributed by atoms with Gasteiger partial charge in [-0.3, -0.25) is 4.79 Å². The number of sulfonamides is 1. The standard InChI is InChI=1S/C11H15BrN2O5S2/c1-5(2)13-10(15)6(3)14-21(18,19)8-4-7(11(16)17)20-9(8)12/h4-6,14H,1-3H3,(H,13,15)(H,16,17). The third kappa shape index (κ3) is 4.77. The van der Waals surface area contributed by atoms with Crippen LogP contribution < -0.4 is 10.0 Å². The van der Waals surface area contributed by atoms with Crippen molar-refractivity contribution in [3.63, 3.8) is 0 Å². The van der Waals surface area contributed by atoms with Crippen LogP contribution in [0.3, 0.4) is 0 Å². The molecule has 0 bridgehead atoms. The van der Waals surface area contributed by atoms with Crippen LogP contribution in [0.5, 0.6) is 0 Å². The highest BCUT2D eigenvalue weighted by Gasteiger charge is 2.27. The number of aromatic carboxylic acids is 1. The van der Waals surface area contributed by atoms with Crippen molar-refractivity contribution in [1.82, 2.24) is 10.0 Å². The van der Waals surface area contributed by atoms with Gasteiger partial charge >= 0.3 is 5.97 Å². The number of amides is 1. The molecule has 10 heteroatoms. The number of carbonyl (C=O) groups excluding carboxylic acids is 1. The molecule has 1 amide bonds. The Hall–Kier alpha value is -0.970. The minimum absolute atomic E-state index is 0.110. The fourth-order valence-electron chi connectivity index (χ4n) is 1.40. The van der Waals surface area contributed by atoms with E-state index in [2.05, 4.69) is 26.0 Å². The normalized spacial score (nSPS) is 13.2. The van der Waals surface area contributed by atoms with Crippen molar-refractivity contribution in [2.45, 2.75) is 37.8 Å². The SMILES string of the molecule is CC(C)NC(=O)C(C)NS(=O)(=O)c1cc(C(=O)O)sc1Br. The van der Waals surface area contributed by atoms with E-state index >= 15 is 0 Å². The van der Waals surface area contributed by atoms with Crippen LogP contribution in [0.25, 0.3) is 0 Å². The zero-order chi connectivity index (χ0) is 16.4. The molecule has 0 aliphatic heterocycles. The Balaban J connectivity index is 2.96. The maximum absolute atomic E-state index is 12.2. The van der Waals surface area contributed by atoms with E-state index in [1.54, 1.807) is 13.8 Å². The topological polar surface area (TPSA) is 113 Å². The summed E-state index contributed by atoms with van der Waals surface area (Å²) in [6.07, 6.45) is 0. The summed E-state index contributed by atoms with van der Waals surface area (Å²) >= 11 is 3.82. The number of carbonyl (C=O) groups is 2. The van der Waals surface area contributed by atoms with Crippen LogP contribution in [0.15, 0.2) is 14.7 Å². The van der Waals surface area contributed by atoms with Crippen LogP contribution in [0.2, 0.25) is 0 Å². The molecule has 21 heavy (non-hydrogen) atoms. The van der Waals surface area contributed by atoms with Gasteiger partial charge in [0, 0.05) is 6.04 Å². The molecule has 7 nitrogen and oxygen atoms in total. The van der Waals surface area contributed by atoms with E-state index < -0.39 is 27.9 Å². The number of nitrogens with one attached hydrogen (secondary N) is 2. The fraction of sp³-hybridized carbons (Fsp3) is 0.455. The molecule has 0 aliphatic rings. The third-order valence-electron chi connectivity index (χ3n) is 2.31. The lowest BCUT2D eigenvalue weighted by Gasteiger charge is -2.15. The van der Waals surface area contributed by atoms with Gasteiger partial charge in [0.1, 0.15) is 9.77 Å². The molecule has 118 valence electrons. The second-order valence-electron chi connectivity index (χ2n) is 4.56. The summed E-state index contributed by atoms with van der Waals surface area (Å²) in [5.74, 6) is -1.67. The van der Waals surface area contributed by atoms with E-state index in [0.29, 0.717) is 0 Å². The molecule has 1 atom stereocenters. The Morgan fingerprint density at radius 1 is 1.33 bits per heavy atom. The van der Waals surface area contributed by atoms with Crippen LogP contribution in [0, 0.1) is 0 Å². The first kappa shape index (κ1) is 18.1. The number of thiophene rings is 1. The van der Waals surface area contributed by atoms with Crippen LogP contribution in [-0.2, 0) is 14.8 Å². The highest BCUT2D eigenvalue weighted by molar-refractivity contribution is 9.11.